The molecule has 6 nitrogen and oxygen atoms in total. The Bertz CT molecular complexity index is 1210. The molecule has 0 aliphatic rings. The van der Waals surface area contributed by atoms with Crippen LogP contribution in [0.4, 0.5) is 5.69 Å². The Morgan fingerprint density at radius 2 is 1.71 bits per heavy atom. The lowest BCUT2D eigenvalue weighted by molar-refractivity contribution is 0.0981. The monoisotopic (exact) mass is 437 g/mol. The number of sulfonamides is 1. The minimum absolute atomic E-state index is 0.0750. The molecule has 0 saturated carbocycles. The number of benzene rings is 2. The van der Waals surface area contributed by atoms with E-state index in [9.17, 15) is 13.2 Å². The molecule has 31 heavy (non-hydrogen) atoms. The van der Waals surface area contributed by atoms with Gasteiger partial charge in [-0.3, -0.25) is 9.78 Å². The Hall–Kier alpha value is -3.19. The van der Waals surface area contributed by atoms with Crippen molar-refractivity contribution in [1.82, 2.24) is 9.71 Å². The zero-order chi connectivity index (χ0) is 22.8. The number of nitrogens with zero attached hydrogens (tertiary/aromatic N) is 1. The van der Waals surface area contributed by atoms with Gasteiger partial charge in [0, 0.05) is 22.4 Å². The van der Waals surface area contributed by atoms with Crippen LogP contribution in [0.25, 0.3) is 11.3 Å². The lowest BCUT2D eigenvalue weighted by atomic mass is 9.90. The molecule has 1 amide bonds. The molecule has 0 unspecified atom stereocenters. The van der Waals surface area contributed by atoms with Crippen molar-refractivity contribution in [1.29, 1.82) is 0 Å². The van der Waals surface area contributed by atoms with Crippen molar-refractivity contribution in [3.8, 4) is 11.3 Å². The number of aromatic nitrogens is 1. The first-order valence-corrected chi connectivity index (χ1v) is 11.5. The van der Waals surface area contributed by atoms with Gasteiger partial charge in [-0.05, 0) is 42.3 Å². The van der Waals surface area contributed by atoms with Crippen molar-refractivity contribution in [2.75, 3.05) is 5.73 Å². The third-order valence-electron chi connectivity index (χ3n) is 4.94. The van der Waals surface area contributed by atoms with E-state index in [1.54, 1.807) is 18.2 Å². The van der Waals surface area contributed by atoms with Gasteiger partial charge in [-0.25, -0.2) is 13.1 Å². The highest BCUT2D eigenvalue weighted by atomic mass is 32.2. The van der Waals surface area contributed by atoms with Gasteiger partial charge in [0.25, 0.3) is 15.9 Å². The summed E-state index contributed by atoms with van der Waals surface area (Å²) in [6.45, 7) is 8.16. The van der Waals surface area contributed by atoms with Gasteiger partial charge in [0.1, 0.15) is 0 Å². The number of carbonyl (C=O) groups excluding carboxylic acids is 1. The number of pyridine rings is 1. The molecular weight excluding hydrogens is 410 g/mol. The Balaban J connectivity index is 2.05. The van der Waals surface area contributed by atoms with E-state index < -0.39 is 15.9 Å². The Labute approximate surface area is 183 Å². The van der Waals surface area contributed by atoms with Gasteiger partial charge in [0.05, 0.1) is 16.2 Å². The third-order valence-corrected chi connectivity index (χ3v) is 6.27. The molecule has 7 heteroatoms. The summed E-state index contributed by atoms with van der Waals surface area (Å²) in [6.07, 6.45) is 0.890. The van der Waals surface area contributed by atoms with Crippen LogP contribution in [0.3, 0.4) is 0 Å². The summed E-state index contributed by atoms with van der Waals surface area (Å²) >= 11 is 0. The molecule has 1 aromatic heterocycles. The molecule has 3 rings (SSSR count). The topological polar surface area (TPSA) is 102 Å². The first-order valence-electron chi connectivity index (χ1n) is 10.0. The fourth-order valence-corrected chi connectivity index (χ4v) is 4.12. The molecule has 1 heterocycles. The highest BCUT2D eigenvalue weighted by Crippen LogP contribution is 2.28. The maximum Gasteiger partial charge on any atom is 0.267 e. The van der Waals surface area contributed by atoms with Crippen LogP contribution in [0.1, 0.15) is 49.3 Å². The first kappa shape index (κ1) is 22.5. The maximum atomic E-state index is 13.0. The standard InChI is InChI=1S/C24H27N3O3S/c1-5-16-9-11-17(12-10-16)22-20(13-14-21(26-22)24(2,3)4)23(28)27-31(29,30)19-8-6-7-18(25)15-19/h6-15H,5,25H2,1-4H3,(H,27,28). The van der Waals surface area contributed by atoms with Crippen molar-refractivity contribution in [2.45, 2.75) is 44.4 Å². The third kappa shape index (κ3) is 5.11. The van der Waals surface area contributed by atoms with Crippen LogP contribution in [0.5, 0.6) is 0 Å². The summed E-state index contributed by atoms with van der Waals surface area (Å²) in [4.78, 5) is 17.7. The van der Waals surface area contributed by atoms with E-state index >= 15 is 0 Å². The van der Waals surface area contributed by atoms with Crippen LogP contribution < -0.4 is 10.5 Å². The lowest BCUT2D eigenvalue weighted by Gasteiger charge is -2.20. The second kappa shape index (κ2) is 8.51. The zero-order valence-corrected chi connectivity index (χ0v) is 19.0. The number of carbonyl (C=O) groups is 1. The minimum atomic E-state index is -4.09. The molecule has 0 aliphatic carbocycles. The molecule has 2 aromatic carbocycles. The number of nitrogens with one attached hydrogen (secondary N) is 1. The molecule has 0 radical (unpaired) electrons. The number of aryl methyl sites for hydroxylation is 1. The maximum absolute atomic E-state index is 13.0. The molecule has 0 spiro atoms. The SMILES string of the molecule is CCc1ccc(-c2nc(C(C)(C)C)ccc2C(=O)NS(=O)(=O)c2cccc(N)c2)cc1. The average Bonchev–Trinajstić information content (AvgIpc) is 2.72. The van der Waals surface area contributed by atoms with Crippen LogP contribution >= 0.6 is 0 Å². The van der Waals surface area contributed by atoms with Crippen LogP contribution in [-0.2, 0) is 21.9 Å². The zero-order valence-electron chi connectivity index (χ0n) is 18.1. The summed E-state index contributed by atoms with van der Waals surface area (Å²) in [5.74, 6) is -0.745. The highest BCUT2D eigenvalue weighted by molar-refractivity contribution is 7.90. The lowest BCUT2D eigenvalue weighted by Crippen LogP contribution is -2.31. The number of amides is 1. The van der Waals surface area contributed by atoms with E-state index in [1.807, 2.05) is 45.0 Å². The number of nitrogen functional groups attached to an aromatic ring is 1. The predicted octanol–water partition coefficient (Wildman–Crippen LogP) is 4.31. The molecule has 0 saturated heterocycles. The van der Waals surface area contributed by atoms with Gasteiger partial charge in [-0.1, -0.05) is 58.0 Å². The van der Waals surface area contributed by atoms with Gasteiger partial charge in [-0.15, -0.1) is 0 Å². The quantitative estimate of drug-likeness (QED) is 0.579. The van der Waals surface area contributed by atoms with E-state index in [1.165, 1.54) is 18.2 Å². The van der Waals surface area contributed by atoms with E-state index in [2.05, 4.69) is 11.6 Å². The smallest absolute Gasteiger partial charge is 0.267 e. The number of anilines is 1. The molecule has 0 bridgehead atoms. The fraction of sp³-hybridized carbons (Fsp3) is 0.250. The van der Waals surface area contributed by atoms with Crippen molar-refractivity contribution in [2.24, 2.45) is 0 Å². The number of rotatable bonds is 5. The van der Waals surface area contributed by atoms with Gasteiger partial charge in [0.2, 0.25) is 0 Å². The van der Waals surface area contributed by atoms with E-state index in [0.717, 1.165) is 23.2 Å². The second-order valence-electron chi connectivity index (χ2n) is 8.40. The Morgan fingerprint density at radius 3 is 2.29 bits per heavy atom. The molecular formula is C24H27N3O3S. The van der Waals surface area contributed by atoms with Crippen LogP contribution in [-0.4, -0.2) is 19.3 Å². The summed E-state index contributed by atoms with van der Waals surface area (Å²) < 4.78 is 27.6. The highest BCUT2D eigenvalue weighted by Gasteiger charge is 2.24. The molecule has 0 fully saturated rings. The van der Waals surface area contributed by atoms with Gasteiger partial charge >= 0.3 is 0 Å². The van der Waals surface area contributed by atoms with Crippen LogP contribution in [0.15, 0.2) is 65.6 Å². The number of hydrogen-bond donors (Lipinski definition) is 2. The van der Waals surface area contributed by atoms with Crippen molar-refractivity contribution in [3.63, 3.8) is 0 Å². The predicted molar refractivity (Wildman–Crippen MR) is 123 cm³/mol. The molecule has 0 atom stereocenters. The largest absolute Gasteiger partial charge is 0.399 e. The average molecular weight is 438 g/mol. The van der Waals surface area contributed by atoms with E-state index in [0.29, 0.717) is 11.4 Å². The summed E-state index contributed by atoms with van der Waals surface area (Å²) in [6, 6.07) is 16.9. The molecule has 3 N–H and O–H groups in total. The summed E-state index contributed by atoms with van der Waals surface area (Å²) in [7, 11) is -4.09. The molecule has 3 aromatic rings. The number of nitrogens with two attached hydrogens (primary N) is 1. The van der Waals surface area contributed by atoms with Crippen molar-refractivity contribution in [3.05, 3.63) is 77.5 Å². The van der Waals surface area contributed by atoms with Crippen LogP contribution in [0, 0.1) is 0 Å². The Kier molecular flexibility index (Phi) is 6.18. The van der Waals surface area contributed by atoms with Crippen LogP contribution in [0.2, 0.25) is 0 Å². The number of hydrogen-bond acceptors (Lipinski definition) is 5. The summed E-state index contributed by atoms with van der Waals surface area (Å²) in [5, 5.41) is 0. The second-order valence-corrected chi connectivity index (χ2v) is 10.1. The van der Waals surface area contributed by atoms with Gasteiger partial charge in [0.15, 0.2) is 0 Å². The fourth-order valence-electron chi connectivity index (χ4n) is 3.10. The van der Waals surface area contributed by atoms with E-state index in [4.69, 9.17) is 10.7 Å². The van der Waals surface area contributed by atoms with Crippen molar-refractivity contribution < 1.29 is 13.2 Å². The normalized spacial score (nSPS) is 11.9. The van der Waals surface area contributed by atoms with Gasteiger partial charge < -0.3 is 5.73 Å². The first-order chi connectivity index (χ1) is 14.5. The van der Waals surface area contributed by atoms with E-state index in [-0.39, 0.29) is 15.9 Å². The molecule has 0 aliphatic heterocycles. The summed E-state index contributed by atoms with van der Waals surface area (Å²) in [5.41, 5.74) is 9.08. The van der Waals surface area contributed by atoms with Crippen molar-refractivity contribution >= 4 is 21.6 Å². The molecule has 162 valence electrons. The minimum Gasteiger partial charge on any atom is -0.399 e. The van der Waals surface area contributed by atoms with Gasteiger partial charge in [-0.2, -0.15) is 0 Å². The Morgan fingerprint density at radius 1 is 1.03 bits per heavy atom.